The van der Waals surface area contributed by atoms with E-state index in [0.717, 1.165) is 27.7 Å². The predicted molar refractivity (Wildman–Crippen MR) is 98.4 cm³/mol. The van der Waals surface area contributed by atoms with Crippen molar-refractivity contribution >= 4 is 29.6 Å². The molecule has 0 fully saturated rings. The Morgan fingerprint density at radius 3 is 2.68 bits per heavy atom. The molecule has 0 bridgehead atoms. The van der Waals surface area contributed by atoms with E-state index in [-0.39, 0.29) is 5.75 Å². The van der Waals surface area contributed by atoms with Crippen molar-refractivity contribution in [1.82, 2.24) is 14.9 Å². The number of anilines is 1. The average molecular weight is 350 g/mol. The summed E-state index contributed by atoms with van der Waals surface area (Å²) in [7, 11) is 0. The number of benzene rings is 2. The van der Waals surface area contributed by atoms with Crippen LogP contribution >= 0.6 is 11.8 Å². The highest BCUT2D eigenvalue weighted by Crippen LogP contribution is 2.25. The summed E-state index contributed by atoms with van der Waals surface area (Å²) in [6.07, 6.45) is 1.64. The number of rotatable bonds is 4. The number of aromatic hydroxyl groups is 1. The maximum Gasteiger partial charge on any atom is 0.266 e. The molecule has 0 saturated carbocycles. The number of nitrogens with zero attached hydrogens (tertiary/aromatic N) is 5. The maximum absolute atomic E-state index is 9.28. The minimum atomic E-state index is 0.219. The Balaban J connectivity index is 1.55. The Bertz CT molecular complexity index is 934. The van der Waals surface area contributed by atoms with Crippen molar-refractivity contribution in [3.05, 3.63) is 65.7 Å². The van der Waals surface area contributed by atoms with Gasteiger partial charge in [0.15, 0.2) is 0 Å². The van der Waals surface area contributed by atoms with Crippen LogP contribution in [0.1, 0.15) is 11.1 Å². The van der Waals surface area contributed by atoms with Gasteiger partial charge in [0, 0.05) is 5.75 Å². The molecule has 1 aromatic heterocycles. The summed E-state index contributed by atoms with van der Waals surface area (Å²) in [5.74, 6) is 1.42. The standard InChI is InChI=1S/C17H14N6OS/c24-14-8-6-12(7-9-14)10-18-19-16-20-21-17-23(16)22-15(11-25-17)13-4-2-1-3-5-13/h1-10,24H,11H2,(H,19,20)/b18-10+. The minimum Gasteiger partial charge on any atom is -0.508 e. The molecule has 8 heteroatoms. The Kier molecular flexibility index (Phi) is 4.17. The molecular weight excluding hydrogens is 336 g/mol. The van der Waals surface area contributed by atoms with Gasteiger partial charge in [-0.25, -0.2) is 5.43 Å². The second-order valence-corrected chi connectivity index (χ2v) is 6.22. The van der Waals surface area contributed by atoms with Gasteiger partial charge >= 0.3 is 0 Å². The van der Waals surface area contributed by atoms with Gasteiger partial charge in [-0.1, -0.05) is 42.1 Å². The highest BCUT2D eigenvalue weighted by molar-refractivity contribution is 7.99. The zero-order valence-corrected chi connectivity index (χ0v) is 13.9. The number of hydrazone groups is 1. The van der Waals surface area contributed by atoms with Gasteiger partial charge in [-0.2, -0.15) is 14.9 Å². The number of phenolic OH excluding ortho intramolecular Hbond substituents is 1. The molecule has 0 spiro atoms. The van der Waals surface area contributed by atoms with E-state index in [0.29, 0.717) is 5.95 Å². The largest absolute Gasteiger partial charge is 0.508 e. The number of hydrogen-bond acceptors (Lipinski definition) is 7. The van der Waals surface area contributed by atoms with Gasteiger partial charge in [0.2, 0.25) is 5.16 Å². The van der Waals surface area contributed by atoms with E-state index in [1.807, 2.05) is 30.3 Å². The summed E-state index contributed by atoms with van der Waals surface area (Å²) in [4.78, 5) is 0. The first-order chi connectivity index (χ1) is 12.3. The van der Waals surface area contributed by atoms with Crippen LogP contribution in [0.25, 0.3) is 0 Å². The van der Waals surface area contributed by atoms with E-state index in [1.54, 1.807) is 46.9 Å². The molecule has 25 heavy (non-hydrogen) atoms. The fraction of sp³-hybridized carbons (Fsp3) is 0.0588. The summed E-state index contributed by atoms with van der Waals surface area (Å²) in [5, 5.41) is 27.0. The van der Waals surface area contributed by atoms with Crippen LogP contribution < -0.4 is 5.43 Å². The molecule has 2 aromatic carbocycles. The topological polar surface area (TPSA) is 87.7 Å². The van der Waals surface area contributed by atoms with Gasteiger partial charge in [0.25, 0.3) is 5.95 Å². The number of nitrogens with one attached hydrogen (secondary N) is 1. The highest BCUT2D eigenvalue weighted by atomic mass is 32.2. The molecule has 1 aliphatic heterocycles. The molecule has 124 valence electrons. The molecule has 0 aliphatic carbocycles. The van der Waals surface area contributed by atoms with E-state index in [1.165, 1.54) is 0 Å². The lowest BCUT2D eigenvalue weighted by atomic mass is 10.1. The number of hydrogen-bond donors (Lipinski definition) is 2. The lowest BCUT2D eigenvalue weighted by molar-refractivity contribution is 0.475. The molecule has 3 aromatic rings. The highest BCUT2D eigenvalue weighted by Gasteiger charge is 2.19. The van der Waals surface area contributed by atoms with Gasteiger partial charge in [-0.15, -0.1) is 10.2 Å². The van der Waals surface area contributed by atoms with Crippen LogP contribution in [0, 0.1) is 0 Å². The first kappa shape index (κ1) is 15.4. The summed E-state index contributed by atoms with van der Waals surface area (Å²) in [6.45, 7) is 0. The predicted octanol–water partition coefficient (Wildman–Crippen LogP) is 2.79. The summed E-state index contributed by atoms with van der Waals surface area (Å²) in [6, 6.07) is 16.8. The third kappa shape index (κ3) is 3.38. The Hall–Kier alpha value is -3.13. The van der Waals surface area contributed by atoms with Crippen molar-refractivity contribution < 1.29 is 5.11 Å². The van der Waals surface area contributed by atoms with Crippen LogP contribution in [0.5, 0.6) is 5.75 Å². The molecule has 1 aliphatic rings. The molecule has 0 unspecified atom stereocenters. The van der Waals surface area contributed by atoms with Crippen LogP contribution in [0.4, 0.5) is 5.95 Å². The fourth-order valence-electron chi connectivity index (χ4n) is 2.29. The summed E-state index contributed by atoms with van der Waals surface area (Å²) >= 11 is 1.58. The normalized spacial score (nSPS) is 13.5. The van der Waals surface area contributed by atoms with Gasteiger partial charge in [0.05, 0.1) is 11.9 Å². The smallest absolute Gasteiger partial charge is 0.266 e. The zero-order valence-electron chi connectivity index (χ0n) is 13.1. The lowest BCUT2D eigenvalue weighted by Crippen LogP contribution is -2.14. The van der Waals surface area contributed by atoms with E-state index in [2.05, 4.69) is 25.8 Å². The van der Waals surface area contributed by atoms with Crippen LogP contribution in [0.2, 0.25) is 0 Å². The molecule has 2 N–H and O–H groups in total. The SMILES string of the molecule is Oc1ccc(/C=N/Nc2nnc3n2N=C(c2ccccc2)CS3)cc1. The number of fused-ring (bicyclic) bond motifs is 1. The number of phenols is 1. The van der Waals surface area contributed by atoms with Crippen molar-refractivity contribution in [3.63, 3.8) is 0 Å². The first-order valence-electron chi connectivity index (χ1n) is 7.59. The third-order valence-electron chi connectivity index (χ3n) is 3.55. The van der Waals surface area contributed by atoms with Crippen molar-refractivity contribution in [3.8, 4) is 5.75 Å². The third-order valence-corrected chi connectivity index (χ3v) is 4.48. The zero-order chi connectivity index (χ0) is 17.1. The Morgan fingerprint density at radius 2 is 1.88 bits per heavy atom. The molecule has 4 rings (SSSR count). The number of aromatic nitrogens is 3. The first-order valence-corrected chi connectivity index (χ1v) is 8.58. The van der Waals surface area contributed by atoms with Gasteiger partial charge in [0.1, 0.15) is 5.75 Å². The van der Waals surface area contributed by atoms with E-state index >= 15 is 0 Å². The second kappa shape index (κ2) is 6.78. The van der Waals surface area contributed by atoms with E-state index < -0.39 is 0 Å². The Morgan fingerprint density at radius 1 is 1.08 bits per heavy atom. The fourth-order valence-corrected chi connectivity index (χ4v) is 3.13. The Labute approximate surface area is 148 Å². The van der Waals surface area contributed by atoms with Gasteiger partial charge < -0.3 is 5.11 Å². The maximum atomic E-state index is 9.28. The van der Waals surface area contributed by atoms with Crippen LogP contribution in [0.3, 0.4) is 0 Å². The molecule has 7 nitrogen and oxygen atoms in total. The summed E-state index contributed by atoms with van der Waals surface area (Å²) in [5.41, 5.74) is 5.76. The lowest BCUT2D eigenvalue weighted by Gasteiger charge is -2.13. The molecular formula is C17H14N6OS. The molecule has 0 radical (unpaired) electrons. The second-order valence-electron chi connectivity index (χ2n) is 5.28. The van der Waals surface area contributed by atoms with Gasteiger partial charge in [-0.3, -0.25) is 0 Å². The number of thioether (sulfide) groups is 1. The van der Waals surface area contributed by atoms with Crippen molar-refractivity contribution in [2.24, 2.45) is 10.2 Å². The average Bonchev–Trinajstić information content (AvgIpc) is 3.06. The van der Waals surface area contributed by atoms with Crippen molar-refractivity contribution in [1.29, 1.82) is 0 Å². The van der Waals surface area contributed by atoms with Crippen molar-refractivity contribution in [2.75, 3.05) is 11.2 Å². The van der Waals surface area contributed by atoms with E-state index in [4.69, 9.17) is 0 Å². The minimum absolute atomic E-state index is 0.219. The van der Waals surface area contributed by atoms with E-state index in [9.17, 15) is 5.11 Å². The van der Waals surface area contributed by atoms with Crippen LogP contribution in [-0.2, 0) is 0 Å². The van der Waals surface area contributed by atoms with Crippen LogP contribution in [-0.4, -0.2) is 37.7 Å². The summed E-state index contributed by atoms with van der Waals surface area (Å²) < 4.78 is 1.66. The van der Waals surface area contributed by atoms with Crippen molar-refractivity contribution in [2.45, 2.75) is 5.16 Å². The molecule has 2 heterocycles. The van der Waals surface area contributed by atoms with Crippen LogP contribution in [0.15, 0.2) is 70.0 Å². The quantitative estimate of drug-likeness (QED) is 0.558. The molecule has 0 saturated heterocycles. The molecule has 0 amide bonds. The van der Waals surface area contributed by atoms with Gasteiger partial charge in [-0.05, 0) is 35.4 Å². The monoisotopic (exact) mass is 350 g/mol. The molecule has 0 atom stereocenters.